The van der Waals surface area contributed by atoms with Crippen molar-refractivity contribution in [3.63, 3.8) is 0 Å². The van der Waals surface area contributed by atoms with E-state index in [2.05, 4.69) is 10.6 Å². The molecule has 1 unspecified atom stereocenters. The lowest BCUT2D eigenvalue weighted by Gasteiger charge is -2.17. The Morgan fingerprint density at radius 2 is 1.80 bits per heavy atom. The van der Waals surface area contributed by atoms with Gasteiger partial charge in [-0.15, -0.1) is 0 Å². The second-order valence-electron chi connectivity index (χ2n) is 6.10. The summed E-state index contributed by atoms with van der Waals surface area (Å²) in [6, 6.07) is 16.7. The summed E-state index contributed by atoms with van der Waals surface area (Å²) >= 11 is 5.88. The molecule has 2 aromatic rings. The first-order chi connectivity index (χ1) is 12.1. The van der Waals surface area contributed by atoms with Gasteiger partial charge in [0.25, 0.3) is 0 Å². The Morgan fingerprint density at radius 3 is 2.52 bits per heavy atom. The third-order valence-electron chi connectivity index (χ3n) is 4.19. The number of rotatable bonds is 5. The van der Waals surface area contributed by atoms with Gasteiger partial charge in [0.1, 0.15) is 0 Å². The first-order valence-corrected chi connectivity index (χ1v) is 8.61. The molecule has 0 bridgehead atoms. The molecule has 1 atom stereocenters. The van der Waals surface area contributed by atoms with Crippen molar-refractivity contribution in [3.8, 4) is 0 Å². The summed E-state index contributed by atoms with van der Waals surface area (Å²) in [5.41, 5.74) is 1.88. The molecule has 0 radical (unpaired) electrons. The average molecular weight is 358 g/mol. The summed E-state index contributed by atoms with van der Waals surface area (Å²) in [4.78, 5) is 25.8. The van der Waals surface area contributed by atoms with Crippen LogP contribution in [0.1, 0.15) is 12.0 Å². The van der Waals surface area contributed by atoms with Gasteiger partial charge in [0, 0.05) is 42.7 Å². The van der Waals surface area contributed by atoms with Crippen LogP contribution in [0.5, 0.6) is 0 Å². The molecule has 6 heteroatoms. The van der Waals surface area contributed by atoms with Gasteiger partial charge >= 0.3 is 6.03 Å². The first-order valence-electron chi connectivity index (χ1n) is 8.23. The van der Waals surface area contributed by atoms with Crippen LogP contribution in [0.25, 0.3) is 0 Å². The molecule has 2 N–H and O–H groups in total. The van der Waals surface area contributed by atoms with E-state index in [-0.39, 0.29) is 17.9 Å². The maximum absolute atomic E-state index is 12.2. The Morgan fingerprint density at radius 1 is 1.08 bits per heavy atom. The smallest absolute Gasteiger partial charge is 0.315 e. The van der Waals surface area contributed by atoms with Crippen LogP contribution in [0.15, 0.2) is 54.6 Å². The number of halogens is 1. The van der Waals surface area contributed by atoms with Crippen LogP contribution in [0, 0.1) is 5.92 Å². The third-order valence-corrected chi connectivity index (χ3v) is 4.44. The van der Waals surface area contributed by atoms with Crippen LogP contribution < -0.4 is 15.5 Å². The second-order valence-corrected chi connectivity index (χ2v) is 6.54. The summed E-state index contributed by atoms with van der Waals surface area (Å²) in [6.45, 7) is 1.54. The highest BCUT2D eigenvalue weighted by molar-refractivity contribution is 6.30. The Balaban J connectivity index is 1.45. The highest BCUT2D eigenvalue weighted by Crippen LogP contribution is 2.25. The molecule has 0 aromatic heterocycles. The number of hydrogen-bond acceptors (Lipinski definition) is 2. The molecule has 0 saturated carbocycles. The van der Waals surface area contributed by atoms with Crippen molar-refractivity contribution in [1.82, 2.24) is 10.6 Å². The van der Waals surface area contributed by atoms with E-state index in [0.29, 0.717) is 31.1 Å². The van der Waals surface area contributed by atoms with Gasteiger partial charge in [0.15, 0.2) is 0 Å². The molecule has 25 heavy (non-hydrogen) atoms. The minimum atomic E-state index is -0.221. The van der Waals surface area contributed by atoms with Gasteiger partial charge in [0.05, 0.1) is 0 Å². The molecule has 5 nitrogen and oxygen atoms in total. The number of carbonyl (C=O) groups is 2. The highest BCUT2D eigenvalue weighted by Gasteiger charge is 2.30. The summed E-state index contributed by atoms with van der Waals surface area (Å²) in [5.74, 6) is 0.171. The fraction of sp³-hybridized carbons (Fsp3) is 0.263. The largest absolute Gasteiger partial charge is 0.338 e. The lowest BCUT2D eigenvalue weighted by molar-refractivity contribution is -0.117. The zero-order valence-electron chi connectivity index (χ0n) is 13.7. The van der Waals surface area contributed by atoms with Crippen molar-refractivity contribution >= 4 is 29.2 Å². The van der Waals surface area contributed by atoms with E-state index in [4.69, 9.17) is 11.6 Å². The highest BCUT2D eigenvalue weighted by atomic mass is 35.5. The van der Waals surface area contributed by atoms with E-state index in [0.717, 1.165) is 11.3 Å². The Bertz CT molecular complexity index is 734. The number of nitrogens with one attached hydrogen (secondary N) is 2. The van der Waals surface area contributed by atoms with Gasteiger partial charge in [-0.25, -0.2) is 4.79 Å². The number of urea groups is 1. The topological polar surface area (TPSA) is 61.4 Å². The molecule has 3 amide bonds. The zero-order chi connectivity index (χ0) is 17.6. The summed E-state index contributed by atoms with van der Waals surface area (Å²) < 4.78 is 0. The predicted molar refractivity (Wildman–Crippen MR) is 98.6 cm³/mol. The van der Waals surface area contributed by atoms with Gasteiger partial charge in [-0.1, -0.05) is 41.9 Å². The van der Waals surface area contributed by atoms with E-state index < -0.39 is 0 Å². The van der Waals surface area contributed by atoms with Crippen molar-refractivity contribution in [1.29, 1.82) is 0 Å². The van der Waals surface area contributed by atoms with Crippen LogP contribution >= 0.6 is 11.6 Å². The summed E-state index contributed by atoms with van der Waals surface area (Å²) in [5, 5.41) is 6.31. The first kappa shape index (κ1) is 17.3. The van der Waals surface area contributed by atoms with E-state index in [9.17, 15) is 9.59 Å². The lowest BCUT2D eigenvalue weighted by Crippen LogP contribution is -2.38. The predicted octanol–water partition coefficient (Wildman–Crippen LogP) is 3.19. The molecular weight excluding hydrogens is 338 g/mol. The molecule has 130 valence electrons. The minimum absolute atomic E-state index is 0.0683. The third kappa shape index (κ3) is 4.73. The van der Waals surface area contributed by atoms with Crippen molar-refractivity contribution in [2.24, 2.45) is 5.92 Å². The SMILES string of the molecule is O=C(NCc1ccccc1)NCC1CC(=O)N(c2ccc(Cl)cc2)C1. The number of anilines is 1. The quantitative estimate of drug-likeness (QED) is 0.863. The van der Waals surface area contributed by atoms with Gasteiger partial charge in [-0.05, 0) is 29.8 Å². The normalized spacial score (nSPS) is 16.8. The van der Waals surface area contributed by atoms with Crippen molar-refractivity contribution in [3.05, 3.63) is 65.2 Å². The number of nitrogens with zero attached hydrogens (tertiary/aromatic N) is 1. The van der Waals surface area contributed by atoms with Crippen molar-refractivity contribution in [2.75, 3.05) is 18.0 Å². The lowest BCUT2D eigenvalue weighted by atomic mass is 10.1. The van der Waals surface area contributed by atoms with E-state index in [1.54, 1.807) is 17.0 Å². The maximum Gasteiger partial charge on any atom is 0.315 e. The molecule has 1 fully saturated rings. The molecule has 3 rings (SSSR count). The van der Waals surface area contributed by atoms with E-state index >= 15 is 0 Å². The molecule has 1 aliphatic rings. The van der Waals surface area contributed by atoms with Crippen molar-refractivity contribution in [2.45, 2.75) is 13.0 Å². The van der Waals surface area contributed by atoms with Crippen LogP contribution in [-0.2, 0) is 11.3 Å². The standard InChI is InChI=1S/C19H20ClN3O2/c20-16-6-8-17(9-7-16)23-13-15(10-18(23)24)12-22-19(25)21-11-14-4-2-1-3-5-14/h1-9,15H,10-13H2,(H2,21,22,25). The second kappa shape index (κ2) is 8.03. The van der Waals surface area contributed by atoms with Gasteiger partial charge in [-0.3, -0.25) is 4.79 Å². The number of hydrogen-bond donors (Lipinski definition) is 2. The number of carbonyl (C=O) groups excluding carboxylic acids is 2. The van der Waals surface area contributed by atoms with Crippen LogP contribution in [0.3, 0.4) is 0 Å². The van der Waals surface area contributed by atoms with E-state index in [1.807, 2.05) is 42.5 Å². The van der Waals surface area contributed by atoms with Crippen LogP contribution in [-0.4, -0.2) is 25.0 Å². The van der Waals surface area contributed by atoms with Gasteiger partial charge in [-0.2, -0.15) is 0 Å². The Hall–Kier alpha value is -2.53. The average Bonchev–Trinajstić information content (AvgIpc) is 3.00. The van der Waals surface area contributed by atoms with Gasteiger partial charge in [0.2, 0.25) is 5.91 Å². The molecule has 0 spiro atoms. The molecule has 1 saturated heterocycles. The molecule has 1 aliphatic heterocycles. The summed E-state index contributed by atoms with van der Waals surface area (Å²) in [7, 11) is 0. The zero-order valence-corrected chi connectivity index (χ0v) is 14.5. The number of benzene rings is 2. The fourth-order valence-electron chi connectivity index (χ4n) is 2.87. The number of amides is 3. The molecule has 2 aromatic carbocycles. The molecular formula is C19H20ClN3O2. The fourth-order valence-corrected chi connectivity index (χ4v) is 2.99. The van der Waals surface area contributed by atoms with Crippen molar-refractivity contribution < 1.29 is 9.59 Å². The maximum atomic E-state index is 12.2. The van der Waals surface area contributed by atoms with Crippen LogP contribution in [0.4, 0.5) is 10.5 Å². The molecule has 0 aliphatic carbocycles. The van der Waals surface area contributed by atoms with Crippen LogP contribution in [0.2, 0.25) is 5.02 Å². The minimum Gasteiger partial charge on any atom is -0.338 e. The molecule has 1 heterocycles. The monoisotopic (exact) mass is 357 g/mol. The summed E-state index contributed by atoms with van der Waals surface area (Å²) in [6.07, 6.45) is 0.432. The van der Waals surface area contributed by atoms with Gasteiger partial charge < -0.3 is 15.5 Å². The van der Waals surface area contributed by atoms with E-state index in [1.165, 1.54) is 0 Å². The Labute approximate surface area is 152 Å². The Kier molecular flexibility index (Phi) is 5.56.